The number of amides is 1. The summed E-state index contributed by atoms with van der Waals surface area (Å²) in [5.41, 5.74) is 8.44. The van der Waals surface area contributed by atoms with Gasteiger partial charge >= 0.3 is 0 Å². The monoisotopic (exact) mass is 293 g/mol. The summed E-state index contributed by atoms with van der Waals surface area (Å²) in [5.74, 6) is 1.15. The second-order valence-electron chi connectivity index (χ2n) is 6.21. The van der Waals surface area contributed by atoms with Crippen LogP contribution in [0.3, 0.4) is 0 Å². The van der Waals surface area contributed by atoms with Crippen molar-refractivity contribution in [3.63, 3.8) is 0 Å². The molecule has 108 valence electrons. The van der Waals surface area contributed by atoms with E-state index in [9.17, 15) is 4.79 Å². The lowest BCUT2D eigenvalue weighted by Gasteiger charge is -2.37. The number of hydrogen-bond acceptors (Lipinski definition) is 3. The molecule has 20 heavy (non-hydrogen) atoms. The number of carbonyl (C=O) groups excluding carboxylic acids is 1. The van der Waals surface area contributed by atoms with Crippen LogP contribution in [0.4, 0.5) is 11.4 Å². The van der Waals surface area contributed by atoms with Crippen molar-refractivity contribution in [3.8, 4) is 0 Å². The van der Waals surface area contributed by atoms with E-state index in [-0.39, 0.29) is 5.91 Å². The van der Waals surface area contributed by atoms with Crippen LogP contribution in [0.25, 0.3) is 0 Å². The van der Waals surface area contributed by atoms with Crippen molar-refractivity contribution in [1.29, 1.82) is 0 Å². The number of hydrogen-bond donors (Lipinski definition) is 2. The van der Waals surface area contributed by atoms with E-state index < -0.39 is 6.04 Å². The van der Waals surface area contributed by atoms with Crippen molar-refractivity contribution in [2.24, 2.45) is 17.6 Å². The zero-order valence-corrected chi connectivity index (χ0v) is 12.6. The van der Waals surface area contributed by atoms with Crippen LogP contribution in [0.2, 0.25) is 5.02 Å². The Morgan fingerprint density at radius 1 is 1.30 bits per heavy atom. The molecule has 5 heteroatoms. The third-order valence-corrected chi connectivity index (χ3v) is 4.51. The fraction of sp³-hybridized carbons (Fsp3) is 0.533. The predicted molar refractivity (Wildman–Crippen MR) is 82.2 cm³/mol. The lowest BCUT2D eigenvalue weighted by molar-refractivity contribution is -0.116. The van der Waals surface area contributed by atoms with Crippen LogP contribution in [0.1, 0.15) is 31.9 Å². The van der Waals surface area contributed by atoms with E-state index in [1.54, 1.807) is 0 Å². The number of rotatable bonds is 1. The molecular weight excluding hydrogens is 274 g/mol. The summed E-state index contributed by atoms with van der Waals surface area (Å²) in [7, 11) is 0. The Labute approximate surface area is 124 Å². The van der Waals surface area contributed by atoms with Crippen molar-refractivity contribution >= 4 is 28.9 Å². The summed E-state index contributed by atoms with van der Waals surface area (Å²) >= 11 is 6.41. The molecule has 2 aliphatic rings. The summed E-state index contributed by atoms with van der Waals surface area (Å²) < 4.78 is 0. The Balaban J connectivity index is 1.95. The molecule has 1 aromatic carbocycles. The van der Waals surface area contributed by atoms with Gasteiger partial charge < -0.3 is 16.0 Å². The average Bonchev–Trinajstić information content (AvgIpc) is 2.63. The molecule has 3 rings (SSSR count). The highest BCUT2D eigenvalue weighted by atomic mass is 35.5. The molecule has 0 saturated carbocycles. The maximum Gasteiger partial charge on any atom is 0.245 e. The number of anilines is 2. The van der Waals surface area contributed by atoms with E-state index in [2.05, 4.69) is 24.1 Å². The van der Waals surface area contributed by atoms with Gasteiger partial charge in [0.05, 0.1) is 10.7 Å². The second-order valence-corrected chi connectivity index (χ2v) is 6.62. The lowest BCUT2D eigenvalue weighted by atomic mass is 9.91. The first-order valence-electron chi connectivity index (χ1n) is 7.10. The molecule has 0 bridgehead atoms. The minimum absolute atomic E-state index is 0.159. The summed E-state index contributed by atoms with van der Waals surface area (Å²) in [6, 6.07) is 3.20. The summed E-state index contributed by atoms with van der Waals surface area (Å²) in [5, 5.41) is 3.50. The number of nitrogens with two attached hydrogens (primary N) is 1. The molecule has 1 fully saturated rings. The Morgan fingerprint density at radius 3 is 2.60 bits per heavy atom. The minimum atomic E-state index is -0.601. The molecule has 0 spiro atoms. The molecule has 4 nitrogen and oxygen atoms in total. The van der Waals surface area contributed by atoms with Crippen LogP contribution in [0.5, 0.6) is 0 Å². The van der Waals surface area contributed by atoms with E-state index >= 15 is 0 Å². The van der Waals surface area contributed by atoms with Crippen molar-refractivity contribution in [3.05, 3.63) is 22.7 Å². The number of fused-ring (bicyclic) bond motifs is 1. The highest BCUT2D eigenvalue weighted by molar-refractivity contribution is 6.33. The fourth-order valence-electron chi connectivity index (χ4n) is 3.40. The fourth-order valence-corrected chi connectivity index (χ4v) is 3.69. The van der Waals surface area contributed by atoms with Crippen molar-refractivity contribution in [1.82, 2.24) is 0 Å². The van der Waals surface area contributed by atoms with Gasteiger partial charge in [0.1, 0.15) is 6.04 Å². The maximum absolute atomic E-state index is 11.6. The van der Waals surface area contributed by atoms with Crippen LogP contribution < -0.4 is 16.0 Å². The van der Waals surface area contributed by atoms with Gasteiger partial charge in [-0.05, 0) is 30.4 Å². The molecule has 3 N–H and O–H groups in total. The molecule has 3 unspecified atom stereocenters. The van der Waals surface area contributed by atoms with Gasteiger partial charge in [-0.1, -0.05) is 25.4 Å². The topological polar surface area (TPSA) is 58.4 Å². The van der Waals surface area contributed by atoms with Crippen LogP contribution in [-0.4, -0.2) is 19.0 Å². The Morgan fingerprint density at radius 2 is 1.95 bits per heavy atom. The number of nitrogens with one attached hydrogen (secondary N) is 1. The summed E-state index contributed by atoms with van der Waals surface area (Å²) in [6.45, 7) is 6.54. The van der Waals surface area contributed by atoms with Crippen molar-refractivity contribution < 1.29 is 4.79 Å². The Kier molecular flexibility index (Phi) is 3.38. The van der Waals surface area contributed by atoms with Gasteiger partial charge in [-0.15, -0.1) is 0 Å². The lowest BCUT2D eigenvalue weighted by Crippen LogP contribution is -2.38. The minimum Gasteiger partial charge on any atom is -0.370 e. The van der Waals surface area contributed by atoms with E-state index in [0.29, 0.717) is 16.9 Å². The summed E-state index contributed by atoms with van der Waals surface area (Å²) in [6.07, 6.45) is 1.25. The third-order valence-electron chi connectivity index (χ3n) is 4.20. The van der Waals surface area contributed by atoms with Gasteiger partial charge in [0.15, 0.2) is 0 Å². The number of benzene rings is 1. The molecule has 1 saturated heterocycles. The zero-order valence-electron chi connectivity index (χ0n) is 11.8. The van der Waals surface area contributed by atoms with Gasteiger partial charge in [-0.25, -0.2) is 0 Å². The molecular formula is C15H20ClN3O. The van der Waals surface area contributed by atoms with Crippen LogP contribution in [0, 0.1) is 11.8 Å². The first-order valence-corrected chi connectivity index (χ1v) is 7.48. The molecule has 0 radical (unpaired) electrons. The van der Waals surface area contributed by atoms with Gasteiger partial charge in [0, 0.05) is 24.3 Å². The van der Waals surface area contributed by atoms with Crippen molar-refractivity contribution in [2.75, 3.05) is 23.3 Å². The normalized spacial score (nSPS) is 29.3. The first kappa shape index (κ1) is 13.7. The molecule has 0 aliphatic carbocycles. The van der Waals surface area contributed by atoms with Crippen molar-refractivity contribution in [2.45, 2.75) is 26.3 Å². The average molecular weight is 294 g/mol. The van der Waals surface area contributed by atoms with E-state index in [1.807, 2.05) is 12.1 Å². The molecule has 1 amide bonds. The second kappa shape index (κ2) is 4.93. The number of halogens is 1. The van der Waals surface area contributed by atoms with Gasteiger partial charge in [-0.2, -0.15) is 0 Å². The van der Waals surface area contributed by atoms with Gasteiger partial charge in [0.25, 0.3) is 0 Å². The highest BCUT2D eigenvalue weighted by Crippen LogP contribution is 2.39. The third kappa shape index (κ3) is 2.27. The Hall–Kier alpha value is -1.26. The molecule has 2 heterocycles. The van der Waals surface area contributed by atoms with E-state index in [0.717, 1.165) is 30.0 Å². The number of carbonyl (C=O) groups is 1. The summed E-state index contributed by atoms with van der Waals surface area (Å²) in [4.78, 5) is 14.0. The molecule has 0 aromatic heterocycles. The first-order chi connectivity index (χ1) is 9.45. The quantitative estimate of drug-likeness (QED) is 0.837. The van der Waals surface area contributed by atoms with Gasteiger partial charge in [-0.3, -0.25) is 4.79 Å². The number of nitrogens with zero attached hydrogens (tertiary/aromatic N) is 1. The largest absolute Gasteiger partial charge is 0.370 e. The van der Waals surface area contributed by atoms with E-state index in [4.69, 9.17) is 17.3 Å². The maximum atomic E-state index is 11.6. The standard InChI is InChI=1S/C15H20ClN3O/c1-8-3-9(2)7-19(6-8)13-5-12-10(4-11(13)16)14(17)15(20)18-12/h4-5,8-9,14H,3,6-7,17H2,1-2H3,(H,18,20). The van der Waals surface area contributed by atoms with Gasteiger partial charge in [0.2, 0.25) is 5.91 Å². The SMILES string of the molecule is CC1CC(C)CN(c2cc3c(cc2Cl)C(N)C(=O)N3)C1. The molecule has 3 atom stereocenters. The zero-order chi connectivity index (χ0) is 14.4. The molecule has 1 aromatic rings. The van der Waals surface area contributed by atoms with Crippen LogP contribution in [-0.2, 0) is 4.79 Å². The van der Waals surface area contributed by atoms with E-state index in [1.165, 1.54) is 6.42 Å². The number of piperidine rings is 1. The van der Waals surface area contributed by atoms with Crippen LogP contribution >= 0.6 is 11.6 Å². The predicted octanol–water partition coefficient (Wildman–Crippen LogP) is 2.77. The highest BCUT2D eigenvalue weighted by Gasteiger charge is 2.30. The smallest absolute Gasteiger partial charge is 0.245 e. The Bertz CT molecular complexity index is 550. The van der Waals surface area contributed by atoms with Crippen LogP contribution in [0.15, 0.2) is 12.1 Å². The molecule has 2 aliphatic heterocycles.